The topological polar surface area (TPSA) is 120 Å². The van der Waals surface area contributed by atoms with E-state index in [1.807, 2.05) is 39.0 Å². The first-order chi connectivity index (χ1) is 16.7. The lowest BCUT2D eigenvalue weighted by molar-refractivity contribution is -0.114. The summed E-state index contributed by atoms with van der Waals surface area (Å²) in [5.74, 6) is 1.20. The maximum Gasteiger partial charge on any atom is 0.330 e. The van der Waals surface area contributed by atoms with Gasteiger partial charge < -0.3 is 20.1 Å². The fourth-order valence-corrected chi connectivity index (χ4v) is 3.46. The molecule has 192 valence electrons. The molecule has 0 radical (unpaired) electrons. The summed E-state index contributed by atoms with van der Waals surface area (Å²) in [4.78, 5) is 41.7. The smallest absolute Gasteiger partial charge is 0.330 e. The van der Waals surface area contributed by atoms with Crippen molar-refractivity contribution >= 4 is 23.5 Å². The van der Waals surface area contributed by atoms with E-state index in [4.69, 9.17) is 15.2 Å². The third-order valence-electron chi connectivity index (χ3n) is 5.19. The number of ether oxygens (including phenoxy) is 2. The highest BCUT2D eigenvalue weighted by atomic mass is 16.5. The molecule has 1 aromatic carbocycles. The number of benzene rings is 1. The number of aromatic nitrogens is 2. The van der Waals surface area contributed by atoms with Gasteiger partial charge in [0, 0.05) is 19.2 Å². The summed E-state index contributed by atoms with van der Waals surface area (Å²) in [5, 5.41) is 0. The van der Waals surface area contributed by atoms with Crippen molar-refractivity contribution in [2.75, 3.05) is 30.4 Å². The number of rotatable bonds is 13. The number of aromatic amines is 1. The van der Waals surface area contributed by atoms with Crippen LogP contribution < -0.4 is 31.4 Å². The predicted molar refractivity (Wildman–Crippen MR) is 140 cm³/mol. The van der Waals surface area contributed by atoms with Crippen LogP contribution in [-0.2, 0) is 11.3 Å². The third kappa shape index (κ3) is 7.50. The van der Waals surface area contributed by atoms with Crippen LogP contribution in [0.3, 0.4) is 0 Å². The molecule has 0 atom stereocenters. The van der Waals surface area contributed by atoms with Crippen LogP contribution in [0.1, 0.15) is 59.4 Å². The van der Waals surface area contributed by atoms with Gasteiger partial charge in [0.15, 0.2) is 17.2 Å². The molecule has 9 nitrogen and oxygen atoms in total. The number of nitrogens with two attached hydrogens (primary N) is 1. The average molecular weight is 487 g/mol. The van der Waals surface area contributed by atoms with Crippen molar-refractivity contribution < 1.29 is 14.3 Å². The minimum Gasteiger partial charge on any atom is -0.490 e. The number of hydrogen-bond acceptors (Lipinski definition) is 6. The molecule has 0 saturated heterocycles. The van der Waals surface area contributed by atoms with Crippen LogP contribution in [0.25, 0.3) is 6.08 Å². The zero-order chi connectivity index (χ0) is 26.0. The Balaban J connectivity index is 2.39. The first-order valence-corrected chi connectivity index (χ1v) is 12.2. The molecule has 9 heteroatoms. The number of anilines is 2. The lowest BCUT2D eigenvalue weighted by Gasteiger charge is -2.23. The van der Waals surface area contributed by atoms with E-state index in [1.165, 1.54) is 15.5 Å². The van der Waals surface area contributed by atoms with Crippen LogP contribution in [0.2, 0.25) is 0 Å². The molecule has 0 saturated carbocycles. The molecule has 1 aromatic heterocycles. The molecule has 0 fully saturated rings. The normalized spacial score (nSPS) is 11.3. The van der Waals surface area contributed by atoms with Crippen LogP contribution in [0.5, 0.6) is 11.5 Å². The Morgan fingerprint density at radius 2 is 1.89 bits per heavy atom. The summed E-state index contributed by atoms with van der Waals surface area (Å²) >= 11 is 0. The molecular weight excluding hydrogens is 448 g/mol. The van der Waals surface area contributed by atoms with E-state index in [-0.39, 0.29) is 11.5 Å². The lowest BCUT2D eigenvalue weighted by Crippen LogP contribution is -2.41. The van der Waals surface area contributed by atoms with Crippen LogP contribution in [0, 0.1) is 5.92 Å². The largest absolute Gasteiger partial charge is 0.490 e. The summed E-state index contributed by atoms with van der Waals surface area (Å²) in [7, 11) is 0. The van der Waals surface area contributed by atoms with Gasteiger partial charge >= 0.3 is 5.69 Å². The minimum atomic E-state index is -0.678. The summed E-state index contributed by atoms with van der Waals surface area (Å²) in [5.41, 5.74) is 5.68. The molecule has 0 spiro atoms. The monoisotopic (exact) mass is 486 g/mol. The van der Waals surface area contributed by atoms with Gasteiger partial charge in [-0.15, -0.1) is 0 Å². The molecule has 0 aliphatic rings. The summed E-state index contributed by atoms with van der Waals surface area (Å²) < 4.78 is 12.8. The Bertz CT molecular complexity index is 1130. The number of hydrogen-bond donors (Lipinski definition) is 2. The summed E-state index contributed by atoms with van der Waals surface area (Å²) in [6, 6.07) is 5.46. The van der Waals surface area contributed by atoms with Crippen molar-refractivity contribution in [3.8, 4) is 11.5 Å². The van der Waals surface area contributed by atoms with E-state index in [2.05, 4.69) is 18.8 Å². The van der Waals surface area contributed by atoms with Gasteiger partial charge in [0.2, 0.25) is 0 Å². The number of amides is 1. The van der Waals surface area contributed by atoms with Crippen molar-refractivity contribution in [2.45, 2.75) is 60.4 Å². The van der Waals surface area contributed by atoms with Gasteiger partial charge in [-0.05, 0) is 49.5 Å². The van der Waals surface area contributed by atoms with Crippen molar-refractivity contribution in [1.82, 2.24) is 9.55 Å². The van der Waals surface area contributed by atoms with Crippen LogP contribution in [-0.4, -0.2) is 35.2 Å². The van der Waals surface area contributed by atoms with Gasteiger partial charge in [0.05, 0.1) is 13.2 Å². The minimum absolute atomic E-state index is 0.00594. The van der Waals surface area contributed by atoms with Gasteiger partial charge in [-0.1, -0.05) is 40.2 Å². The highest BCUT2D eigenvalue weighted by molar-refractivity contribution is 6.05. The van der Waals surface area contributed by atoms with Crippen molar-refractivity contribution in [2.24, 2.45) is 5.92 Å². The molecule has 0 unspecified atom stereocenters. The molecule has 0 bridgehead atoms. The van der Waals surface area contributed by atoms with E-state index >= 15 is 0 Å². The fourth-order valence-electron chi connectivity index (χ4n) is 3.46. The number of nitrogens with one attached hydrogen (secondary N) is 1. The quantitative estimate of drug-likeness (QED) is 0.416. The molecule has 35 heavy (non-hydrogen) atoms. The van der Waals surface area contributed by atoms with Gasteiger partial charge in [-0.25, -0.2) is 4.79 Å². The molecule has 1 heterocycles. The van der Waals surface area contributed by atoms with Crippen molar-refractivity contribution in [3.05, 3.63) is 50.7 Å². The molecule has 1 amide bonds. The van der Waals surface area contributed by atoms with Gasteiger partial charge in [0.1, 0.15) is 5.82 Å². The molecule has 2 aromatic rings. The second-order valence-corrected chi connectivity index (χ2v) is 8.67. The maximum absolute atomic E-state index is 13.2. The second kappa shape index (κ2) is 13.4. The van der Waals surface area contributed by atoms with Gasteiger partial charge in [0.25, 0.3) is 11.5 Å². The molecule has 2 rings (SSSR count). The predicted octanol–water partition coefficient (Wildman–Crippen LogP) is 3.81. The Morgan fingerprint density at radius 1 is 1.14 bits per heavy atom. The van der Waals surface area contributed by atoms with Gasteiger partial charge in [-0.2, -0.15) is 0 Å². The first-order valence-electron chi connectivity index (χ1n) is 12.2. The molecule has 0 aliphatic heterocycles. The Kier molecular flexibility index (Phi) is 10.6. The Morgan fingerprint density at radius 3 is 2.51 bits per heavy atom. The SMILES string of the molecule is CCCCN(C(=O)/C=C/c1ccc(OCC(C)C)c(OCC)c1)c1c(N)n(CCC)c(=O)[nH]c1=O. The number of carbonyl (C=O) groups is 1. The number of nitrogens with zero attached hydrogens (tertiary/aromatic N) is 2. The average Bonchev–Trinajstić information content (AvgIpc) is 2.81. The van der Waals surface area contributed by atoms with E-state index in [9.17, 15) is 14.4 Å². The number of H-pyrrole nitrogens is 1. The lowest BCUT2D eigenvalue weighted by atomic mass is 10.1. The van der Waals surface area contributed by atoms with Crippen molar-refractivity contribution in [1.29, 1.82) is 0 Å². The number of carbonyl (C=O) groups excluding carboxylic acids is 1. The highest BCUT2D eigenvalue weighted by Gasteiger charge is 2.22. The second-order valence-electron chi connectivity index (χ2n) is 8.67. The van der Waals surface area contributed by atoms with Gasteiger partial charge in [-0.3, -0.25) is 19.1 Å². The van der Waals surface area contributed by atoms with Crippen molar-refractivity contribution in [3.63, 3.8) is 0 Å². The summed E-state index contributed by atoms with van der Waals surface area (Å²) in [6.45, 7) is 11.6. The van der Waals surface area contributed by atoms with Crippen LogP contribution in [0.4, 0.5) is 11.5 Å². The molecule has 0 aliphatic carbocycles. The molecule has 3 N–H and O–H groups in total. The van der Waals surface area contributed by atoms with Crippen LogP contribution in [0.15, 0.2) is 33.9 Å². The zero-order valence-electron chi connectivity index (χ0n) is 21.4. The Labute approximate surface area is 206 Å². The summed E-state index contributed by atoms with van der Waals surface area (Å²) in [6.07, 6.45) is 5.18. The van der Waals surface area contributed by atoms with E-state index < -0.39 is 17.2 Å². The first kappa shape index (κ1) is 27.8. The van der Waals surface area contributed by atoms with E-state index in [1.54, 1.807) is 6.08 Å². The fraction of sp³-hybridized carbons (Fsp3) is 0.500. The highest BCUT2D eigenvalue weighted by Crippen LogP contribution is 2.29. The zero-order valence-corrected chi connectivity index (χ0v) is 21.4. The maximum atomic E-state index is 13.2. The van der Waals surface area contributed by atoms with E-state index in [0.717, 1.165) is 12.0 Å². The Hall–Kier alpha value is -3.49. The third-order valence-corrected chi connectivity index (χ3v) is 5.19. The number of nitrogen functional groups attached to an aromatic ring is 1. The molecular formula is C26H38N4O5. The number of unbranched alkanes of at least 4 members (excludes halogenated alkanes) is 1. The van der Waals surface area contributed by atoms with E-state index in [0.29, 0.717) is 56.6 Å². The standard InChI is InChI=1S/C26H38N4O5/c1-6-9-15-29(23-24(27)30(14-7-2)26(33)28-25(23)32)22(31)13-11-19-10-12-20(35-17-18(4)5)21(16-19)34-8-3/h10-13,16,18H,6-9,14-15,17,27H2,1-5H3,(H,28,32,33)/b13-11+. The van der Waals surface area contributed by atoms with Crippen LogP contribution >= 0.6 is 0 Å².